The summed E-state index contributed by atoms with van der Waals surface area (Å²) in [5, 5.41) is 3.00. The van der Waals surface area contributed by atoms with Crippen molar-refractivity contribution < 1.29 is 4.79 Å². The summed E-state index contributed by atoms with van der Waals surface area (Å²) in [5.41, 5.74) is 5.76. The Kier molecular flexibility index (Phi) is 4.33. The van der Waals surface area contributed by atoms with E-state index in [0.29, 0.717) is 6.04 Å². The number of rotatable bonds is 2. The molecule has 0 spiro atoms. The fourth-order valence-corrected chi connectivity index (χ4v) is 2.03. The molecule has 1 atom stereocenters. The van der Waals surface area contributed by atoms with E-state index in [9.17, 15) is 4.79 Å². The van der Waals surface area contributed by atoms with Gasteiger partial charge in [-0.05, 0) is 40.5 Å². The van der Waals surface area contributed by atoms with Crippen LogP contribution in [0.1, 0.15) is 40.5 Å². The molecule has 1 rings (SSSR count). The minimum atomic E-state index is -0.402. The smallest absolute Gasteiger partial charge is 0.236 e. The number of hydrogen-bond acceptors (Lipinski definition) is 3. The fraction of sp³-hybridized carbons (Fsp3) is 0.917. The summed E-state index contributed by atoms with van der Waals surface area (Å²) in [6.07, 6.45) is 2.05. The fourth-order valence-electron chi connectivity index (χ4n) is 2.03. The molecule has 0 aromatic carbocycles. The van der Waals surface area contributed by atoms with Gasteiger partial charge in [0.1, 0.15) is 0 Å². The molecule has 0 aromatic heterocycles. The zero-order valence-corrected chi connectivity index (χ0v) is 10.9. The Morgan fingerprint density at radius 3 is 2.25 bits per heavy atom. The maximum atomic E-state index is 11.4. The lowest BCUT2D eigenvalue weighted by atomic mass is 9.98. The van der Waals surface area contributed by atoms with Crippen LogP contribution in [0.5, 0.6) is 0 Å². The number of nitrogens with one attached hydrogen (secondary N) is 1. The topological polar surface area (TPSA) is 58.4 Å². The summed E-state index contributed by atoms with van der Waals surface area (Å²) >= 11 is 0. The van der Waals surface area contributed by atoms with Crippen molar-refractivity contribution in [1.29, 1.82) is 0 Å². The van der Waals surface area contributed by atoms with E-state index < -0.39 is 6.04 Å². The van der Waals surface area contributed by atoms with E-state index in [-0.39, 0.29) is 11.4 Å². The SMILES string of the molecule is C[C@@H](N)C(=O)NC1CCN(C(C)(C)C)CC1. The molecule has 1 fully saturated rings. The first kappa shape index (κ1) is 13.5. The average Bonchev–Trinajstić information content (AvgIpc) is 2.17. The molecule has 4 heteroatoms. The number of carbonyl (C=O) groups excluding carboxylic acids is 1. The van der Waals surface area contributed by atoms with Crippen molar-refractivity contribution in [3.63, 3.8) is 0 Å². The Morgan fingerprint density at radius 1 is 1.38 bits per heavy atom. The van der Waals surface area contributed by atoms with Gasteiger partial charge < -0.3 is 11.1 Å². The zero-order chi connectivity index (χ0) is 12.3. The van der Waals surface area contributed by atoms with Crippen LogP contribution in [0.25, 0.3) is 0 Å². The molecule has 94 valence electrons. The van der Waals surface area contributed by atoms with Crippen LogP contribution in [0.4, 0.5) is 0 Å². The van der Waals surface area contributed by atoms with Gasteiger partial charge in [-0.2, -0.15) is 0 Å². The number of piperidine rings is 1. The van der Waals surface area contributed by atoms with Crippen molar-refractivity contribution in [3.8, 4) is 0 Å². The van der Waals surface area contributed by atoms with Crippen LogP contribution in [0, 0.1) is 0 Å². The maximum Gasteiger partial charge on any atom is 0.236 e. The van der Waals surface area contributed by atoms with E-state index in [2.05, 4.69) is 31.0 Å². The van der Waals surface area contributed by atoms with E-state index in [1.54, 1.807) is 6.92 Å². The third kappa shape index (κ3) is 3.76. The highest BCUT2D eigenvalue weighted by Gasteiger charge is 2.27. The first-order valence-electron chi connectivity index (χ1n) is 6.11. The minimum Gasteiger partial charge on any atom is -0.352 e. The Labute approximate surface area is 98.6 Å². The largest absolute Gasteiger partial charge is 0.352 e. The second kappa shape index (κ2) is 5.15. The summed E-state index contributed by atoms with van der Waals surface area (Å²) in [5.74, 6) is -0.0331. The molecule has 0 unspecified atom stereocenters. The van der Waals surface area contributed by atoms with Crippen LogP contribution < -0.4 is 11.1 Å². The van der Waals surface area contributed by atoms with E-state index in [0.717, 1.165) is 25.9 Å². The highest BCUT2D eigenvalue weighted by atomic mass is 16.2. The monoisotopic (exact) mass is 227 g/mol. The molecule has 3 N–H and O–H groups in total. The van der Waals surface area contributed by atoms with Crippen LogP contribution in [0.3, 0.4) is 0 Å². The van der Waals surface area contributed by atoms with Gasteiger partial charge >= 0.3 is 0 Å². The normalized spacial score (nSPS) is 21.8. The molecule has 0 bridgehead atoms. The highest BCUT2D eigenvalue weighted by molar-refractivity contribution is 5.81. The zero-order valence-electron chi connectivity index (χ0n) is 10.9. The highest BCUT2D eigenvalue weighted by Crippen LogP contribution is 2.19. The summed E-state index contributed by atoms with van der Waals surface area (Å²) in [7, 11) is 0. The van der Waals surface area contributed by atoms with Gasteiger partial charge in [-0.3, -0.25) is 9.69 Å². The molecule has 16 heavy (non-hydrogen) atoms. The molecule has 0 aromatic rings. The lowest BCUT2D eigenvalue weighted by Crippen LogP contribution is -2.52. The van der Waals surface area contributed by atoms with Crippen molar-refractivity contribution in [2.24, 2.45) is 5.73 Å². The van der Waals surface area contributed by atoms with Gasteiger partial charge in [0, 0.05) is 24.7 Å². The van der Waals surface area contributed by atoms with E-state index in [1.165, 1.54) is 0 Å². The van der Waals surface area contributed by atoms with Gasteiger partial charge in [-0.1, -0.05) is 0 Å². The Balaban J connectivity index is 2.35. The summed E-state index contributed by atoms with van der Waals surface area (Å²) in [6, 6.07) is -0.0993. The summed E-state index contributed by atoms with van der Waals surface area (Å²) in [6.45, 7) is 10.5. The van der Waals surface area contributed by atoms with E-state index in [1.807, 2.05) is 0 Å². The molecule has 0 saturated carbocycles. The summed E-state index contributed by atoms with van der Waals surface area (Å²) in [4.78, 5) is 13.9. The Morgan fingerprint density at radius 2 is 1.88 bits per heavy atom. The maximum absolute atomic E-state index is 11.4. The molecule has 1 saturated heterocycles. The first-order chi connectivity index (χ1) is 7.30. The Hall–Kier alpha value is -0.610. The molecular formula is C12H25N3O. The van der Waals surface area contributed by atoms with Crippen LogP contribution >= 0.6 is 0 Å². The minimum absolute atomic E-state index is 0.0331. The van der Waals surface area contributed by atoms with Crippen molar-refractivity contribution >= 4 is 5.91 Å². The second-order valence-corrected chi connectivity index (χ2v) is 5.73. The van der Waals surface area contributed by atoms with Crippen molar-refractivity contribution in [1.82, 2.24) is 10.2 Å². The Bertz CT molecular complexity index is 237. The van der Waals surface area contributed by atoms with Crippen LogP contribution in [-0.4, -0.2) is 41.5 Å². The van der Waals surface area contributed by atoms with E-state index >= 15 is 0 Å². The molecule has 0 aliphatic carbocycles. The van der Waals surface area contributed by atoms with Crippen LogP contribution in [0.15, 0.2) is 0 Å². The number of nitrogens with two attached hydrogens (primary N) is 1. The third-order valence-electron chi connectivity index (χ3n) is 3.20. The third-order valence-corrected chi connectivity index (χ3v) is 3.20. The number of amides is 1. The molecule has 4 nitrogen and oxygen atoms in total. The van der Waals surface area contributed by atoms with Crippen molar-refractivity contribution in [2.45, 2.75) is 58.2 Å². The molecule has 1 amide bonds. The van der Waals surface area contributed by atoms with E-state index in [4.69, 9.17) is 5.73 Å². The second-order valence-electron chi connectivity index (χ2n) is 5.73. The molecular weight excluding hydrogens is 202 g/mol. The van der Waals surface area contributed by atoms with Gasteiger partial charge in [0.15, 0.2) is 0 Å². The van der Waals surface area contributed by atoms with Crippen molar-refractivity contribution in [3.05, 3.63) is 0 Å². The van der Waals surface area contributed by atoms with Crippen molar-refractivity contribution in [2.75, 3.05) is 13.1 Å². The number of likely N-dealkylation sites (tertiary alicyclic amines) is 1. The van der Waals surface area contributed by atoms with Crippen LogP contribution in [-0.2, 0) is 4.79 Å². The first-order valence-corrected chi connectivity index (χ1v) is 6.11. The number of hydrogen-bond donors (Lipinski definition) is 2. The van der Waals surface area contributed by atoms with Gasteiger partial charge in [0.2, 0.25) is 5.91 Å². The van der Waals surface area contributed by atoms with Gasteiger partial charge in [-0.15, -0.1) is 0 Å². The summed E-state index contributed by atoms with van der Waals surface area (Å²) < 4.78 is 0. The quantitative estimate of drug-likeness (QED) is 0.730. The number of nitrogens with zero attached hydrogens (tertiary/aromatic N) is 1. The van der Waals surface area contributed by atoms with Gasteiger partial charge in [0.05, 0.1) is 6.04 Å². The molecule has 0 radical (unpaired) electrons. The lowest BCUT2D eigenvalue weighted by Gasteiger charge is -2.41. The predicted molar refractivity (Wildman–Crippen MR) is 66.1 cm³/mol. The van der Waals surface area contributed by atoms with Crippen LogP contribution in [0.2, 0.25) is 0 Å². The molecule has 1 aliphatic rings. The predicted octanol–water partition coefficient (Wildman–Crippen LogP) is 0.713. The number of carbonyl (C=O) groups is 1. The standard InChI is InChI=1S/C12H25N3O/c1-9(13)11(16)14-10-5-7-15(8-6-10)12(2,3)4/h9-10H,5-8,13H2,1-4H3,(H,14,16)/t9-/m1/s1. The van der Waals surface area contributed by atoms with Gasteiger partial charge in [-0.25, -0.2) is 0 Å². The van der Waals surface area contributed by atoms with Gasteiger partial charge in [0.25, 0.3) is 0 Å². The average molecular weight is 227 g/mol. The molecule has 1 aliphatic heterocycles. The lowest BCUT2D eigenvalue weighted by molar-refractivity contribution is -0.123. The molecule has 1 heterocycles.